The van der Waals surface area contributed by atoms with E-state index in [-0.39, 0.29) is 11.5 Å². The second kappa shape index (κ2) is 6.77. The van der Waals surface area contributed by atoms with Gasteiger partial charge < -0.3 is 19.7 Å². The van der Waals surface area contributed by atoms with E-state index in [9.17, 15) is 10.2 Å². The fourth-order valence-corrected chi connectivity index (χ4v) is 8.45. The summed E-state index contributed by atoms with van der Waals surface area (Å²) in [6.07, 6.45) is 2.01. The van der Waals surface area contributed by atoms with Crippen molar-refractivity contribution < 1.29 is 24.3 Å². The van der Waals surface area contributed by atoms with Crippen molar-refractivity contribution in [3.63, 3.8) is 0 Å². The molecule has 2 aliphatic rings. The van der Waals surface area contributed by atoms with Gasteiger partial charge >= 0.3 is 8.30 Å². The highest BCUT2D eigenvalue weighted by atomic mass is 32.2. The van der Waals surface area contributed by atoms with Crippen molar-refractivity contribution in [1.82, 2.24) is 4.58 Å². The van der Waals surface area contributed by atoms with E-state index in [2.05, 4.69) is 9.15 Å². The predicted molar refractivity (Wildman–Crippen MR) is 108 cm³/mol. The van der Waals surface area contributed by atoms with Crippen LogP contribution in [0.15, 0.2) is 0 Å². The fraction of sp³-hybridized carbons (Fsp3) is 0.438. The Balaban J connectivity index is 1.72. The molecular weight excluding hydrogens is 412 g/mol. The highest BCUT2D eigenvalue weighted by Crippen LogP contribution is 2.52. The third kappa shape index (κ3) is 2.76. The molecule has 136 valence electrons. The average Bonchev–Trinajstić information content (AvgIpc) is 3.33. The van der Waals surface area contributed by atoms with Crippen LogP contribution in [-0.2, 0) is 9.47 Å². The monoisotopic (exact) mass is 429 g/mol. The van der Waals surface area contributed by atoms with Crippen LogP contribution in [0.25, 0.3) is 18.8 Å². The summed E-state index contributed by atoms with van der Waals surface area (Å²) in [6, 6.07) is 0. The van der Waals surface area contributed by atoms with Crippen molar-refractivity contribution in [2.24, 2.45) is 0 Å². The molecule has 6 nitrogen and oxygen atoms in total. The lowest BCUT2D eigenvalue weighted by atomic mass is 10.3. The van der Waals surface area contributed by atoms with E-state index in [1.54, 1.807) is 22.7 Å². The number of fused-ring (bicyclic) bond motifs is 2. The van der Waals surface area contributed by atoms with Crippen molar-refractivity contribution >= 4 is 74.7 Å². The molecule has 26 heavy (non-hydrogen) atoms. The van der Waals surface area contributed by atoms with Gasteiger partial charge in [0.25, 0.3) is 0 Å². The third-order valence-electron chi connectivity index (χ3n) is 4.42. The summed E-state index contributed by atoms with van der Waals surface area (Å²) in [6.45, 7) is 5.21. The number of nitrogens with zero attached hydrogens (tertiary/aromatic N) is 2. The maximum Gasteiger partial charge on any atom is 0.516 e. The lowest BCUT2D eigenvalue weighted by molar-refractivity contribution is -0.442. The van der Waals surface area contributed by atoms with Crippen molar-refractivity contribution in [3.8, 4) is 11.5 Å². The second-order valence-electron chi connectivity index (χ2n) is 6.00. The minimum Gasteiger partial charge on any atom is -0.503 e. The third-order valence-corrected chi connectivity index (χ3v) is 9.77. The van der Waals surface area contributed by atoms with Gasteiger partial charge in [-0.25, -0.2) is 4.58 Å². The first-order valence-corrected chi connectivity index (χ1v) is 11.6. The second-order valence-corrected chi connectivity index (χ2v) is 10.5. The molecule has 2 aliphatic heterocycles. The fourth-order valence-electron chi connectivity index (χ4n) is 3.04. The standard InChI is InChI=1S/C16H15N2O4S4/c19-9-11-12(24-15(23-11)17-1-5-21-6-2-17)10(20)14-13(9)25-16(26-14)18-3-7-22-8-4-18/h1H,2-8H2/q+1/p+2. The maximum absolute atomic E-state index is 10.9. The van der Waals surface area contributed by atoms with Crippen LogP contribution in [0.5, 0.6) is 11.5 Å². The van der Waals surface area contributed by atoms with Gasteiger partial charge in [-0.3, -0.25) is 0 Å². The van der Waals surface area contributed by atoms with Crippen LogP contribution in [-0.4, -0.2) is 67.1 Å². The van der Waals surface area contributed by atoms with Crippen LogP contribution in [0.4, 0.5) is 4.31 Å². The molecule has 0 bridgehead atoms. The summed E-state index contributed by atoms with van der Waals surface area (Å²) < 4.78 is 20.4. The molecule has 0 spiro atoms. The Bertz CT molecular complexity index is 1040. The molecular formula is C16H17N2O4S4+3. The number of ether oxygens (including phenoxy) is 2. The number of phenolic OH excluding ortho intramolecular Hbond substituents is 2. The average molecular weight is 430 g/mol. The zero-order valence-electron chi connectivity index (χ0n) is 13.8. The summed E-state index contributed by atoms with van der Waals surface area (Å²) in [5.74, 6) is 0.573. The van der Waals surface area contributed by atoms with E-state index in [1.807, 2.05) is 6.21 Å². The molecule has 0 atom stereocenters. The van der Waals surface area contributed by atoms with Crippen LogP contribution >= 0.6 is 45.3 Å². The number of rotatable bonds is 1. The van der Waals surface area contributed by atoms with Gasteiger partial charge in [0, 0.05) is 0 Å². The van der Waals surface area contributed by atoms with E-state index in [0.717, 1.165) is 59.9 Å². The molecule has 1 saturated heterocycles. The molecule has 0 aliphatic carbocycles. The summed E-state index contributed by atoms with van der Waals surface area (Å²) in [4.78, 5) is 0. The molecule has 2 N–H and O–H groups in total. The van der Waals surface area contributed by atoms with Gasteiger partial charge in [0.15, 0.2) is 60.0 Å². The Morgan fingerprint density at radius 1 is 0.885 bits per heavy atom. The van der Waals surface area contributed by atoms with Gasteiger partial charge in [-0.2, -0.15) is 0 Å². The highest BCUT2D eigenvalue weighted by Gasteiger charge is 2.34. The van der Waals surface area contributed by atoms with E-state index in [4.69, 9.17) is 9.47 Å². The number of hydrogen-bond acceptors (Lipinski definition) is 7. The first-order chi connectivity index (χ1) is 12.7. The lowest BCUT2D eigenvalue weighted by Gasteiger charge is -2.08. The van der Waals surface area contributed by atoms with E-state index >= 15 is 0 Å². The molecule has 0 saturated carbocycles. The Hall–Kier alpha value is -1.17. The Labute approximate surface area is 164 Å². The lowest BCUT2D eigenvalue weighted by Crippen LogP contribution is -2.37. The number of morpholine rings is 1. The summed E-state index contributed by atoms with van der Waals surface area (Å²) >= 11 is 6.17. The molecule has 10 heteroatoms. The van der Waals surface area contributed by atoms with Crippen LogP contribution in [0.1, 0.15) is 0 Å². The molecule has 4 heterocycles. The number of phenols is 2. The Morgan fingerprint density at radius 2 is 1.62 bits per heavy atom. The minimum atomic E-state index is 0.286. The van der Waals surface area contributed by atoms with Gasteiger partial charge in [-0.15, -0.1) is 4.58 Å². The number of benzene rings is 1. The first-order valence-electron chi connectivity index (χ1n) is 8.30. The highest BCUT2D eigenvalue weighted by molar-refractivity contribution is 7.44. The topological polar surface area (TPSA) is 64.9 Å². The van der Waals surface area contributed by atoms with E-state index in [1.165, 1.54) is 22.7 Å². The van der Waals surface area contributed by atoms with Crippen LogP contribution < -0.4 is 8.56 Å². The molecule has 0 unspecified atom stereocenters. The smallest absolute Gasteiger partial charge is 0.503 e. The van der Waals surface area contributed by atoms with Gasteiger partial charge in [0.1, 0.15) is 35.8 Å². The van der Waals surface area contributed by atoms with Gasteiger partial charge in [-0.05, 0) is 0 Å². The Kier molecular flexibility index (Phi) is 4.42. The molecule has 5 rings (SSSR count). The summed E-state index contributed by atoms with van der Waals surface area (Å²) in [7, 11) is 0. The molecule has 3 aromatic rings. The van der Waals surface area contributed by atoms with E-state index in [0.29, 0.717) is 13.2 Å². The zero-order chi connectivity index (χ0) is 17.7. The largest absolute Gasteiger partial charge is 0.516 e. The number of aromatic hydroxyl groups is 2. The molecule has 1 fully saturated rings. The molecule has 0 radical (unpaired) electrons. The van der Waals surface area contributed by atoms with Crippen molar-refractivity contribution in [2.45, 2.75) is 0 Å². The Morgan fingerprint density at radius 3 is 2.35 bits per heavy atom. The predicted octanol–water partition coefficient (Wildman–Crippen LogP) is 2.48. The summed E-state index contributed by atoms with van der Waals surface area (Å²) in [5, 5.41) is 21.8. The van der Waals surface area contributed by atoms with E-state index < -0.39 is 0 Å². The normalized spacial score (nSPS) is 18.6. The van der Waals surface area contributed by atoms with Crippen molar-refractivity contribution in [1.29, 1.82) is 0 Å². The quantitative estimate of drug-likeness (QED) is 0.354. The molecule has 0 amide bonds. The van der Waals surface area contributed by atoms with Crippen LogP contribution in [0.2, 0.25) is 0 Å². The molecule has 1 aromatic carbocycles. The van der Waals surface area contributed by atoms with Gasteiger partial charge in [0.2, 0.25) is 9.40 Å². The molecule has 2 aromatic heterocycles. The first kappa shape index (κ1) is 17.0. The van der Waals surface area contributed by atoms with Crippen LogP contribution in [0, 0.1) is 0 Å². The SMILES string of the molecule is Oc1c2sc(=[N+]3CCOCC3)sc2c(O)c2[s+]c([N+]3=CCOCC3)sc12. The van der Waals surface area contributed by atoms with Crippen molar-refractivity contribution in [2.75, 3.05) is 46.1 Å². The zero-order valence-corrected chi connectivity index (χ0v) is 17.0. The van der Waals surface area contributed by atoms with Crippen molar-refractivity contribution in [3.05, 3.63) is 3.98 Å². The number of hydrogen-bond donors (Lipinski definition) is 2. The maximum atomic E-state index is 10.9. The van der Waals surface area contributed by atoms with Gasteiger partial charge in [-0.1, -0.05) is 22.7 Å². The minimum absolute atomic E-state index is 0.286. The summed E-state index contributed by atoms with van der Waals surface area (Å²) in [5.41, 5.74) is 0. The van der Waals surface area contributed by atoms with Crippen LogP contribution in [0.3, 0.4) is 0 Å². The van der Waals surface area contributed by atoms with Gasteiger partial charge in [0.05, 0.1) is 0 Å².